The number of hydrogen-bond donors (Lipinski definition) is 2. The molecule has 4 nitrogen and oxygen atoms in total. The van der Waals surface area contributed by atoms with Crippen molar-refractivity contribution in [3.8, 4) is 5.75 Å². The number of hydrogen-bond acceptors (Lipinski definition) is 3. The van der Waals surface area contributed by atoms with Gasteiger partial charge in [0.25, 0.3) is 0 Å². The first-order chi connectivity index (χ1) is 9.65. The summed E-state index contributed by atoms with van der Waals surface area (Å²) in [6.45, 7) is 6.64. The number of nitrogens with one attached hydrogen (secondary N) is 2. The highest BCUT2D eigenvalue weighted by Crippen LogP contribution is 2.16. The Morgan fingerprint density at radius 3 is 2.95 bits per heavy atom. The van der Waals surface area contributed by atoms with Gasteiger partial charge in [0.2, 0.25) is 5.91 Å². The zero-order chi connectivity index (χ0) is 14.4. The fourth-order valence-corrected chi connectivity index (χ4v) is 2.30. The normalized spacial score (nSPS) is 18.0. The summed E-state index contributed by atoms with van der Waals surface area (Å²) in [7, 11) is 0. The van der Waals surface area contributed by atoms with E-state index in [1.54, 1.807) is 0 Å². The minimum absolute atomic E-state index is 0.127. The first-order valence-electron chi connectivity index (χ1n) is 7.35. The van der Waals surface area contributed by atoms with Crippen molar-refractivity contribution in [1.82, 2.24) is 10.6 Å². The van der Waals surface area contributed by atoms with Crippen LogP contribution in [0.15, 0.2) is 18.2 Å². The number of carbonyl (C=O) groups is 1. The predicted octanol–water partition coefficient (Wildman–Crippen LogP) is 1.94. The number of carbonyl (C=O) groups excluding carboxylic acids is 1. The molecule has 1 aliphatic rings. The molecule has 0 bridgehead atoms. The Kier molecular flexibility index (Phi) is 5.41. The Bertz CT molecular complexity index is 454. The fourth-order valence-electron chi connectivity index (χ4n) is 2.30. The van der Waals surface area contributed by atoms with E-state index < -0.39 is 0 Å². The lowest BCUT2D eigenvalue weighted by Gasteiger charge is -2.11. The maximum atomic E-state index is 11.7. The summed E-state index contributed by atoms with van der Waals surface area (Å²) in [5, 5.41) is 6.27. The Morgan fingerprint density at radius 2 is 2.25 bits per heavy atom. The zero-order valence-electron chi connectivity index (χ0n) is 12.4. The average Bonchev–Trinajstić information content (AvgIpc) is 2.91. The number of rotatable bonds is 6. The summed E-state index contributed by atoms with van der Waals surface area (Å²) in [4.78, 5) is 11.7. The minimum Gasteiger partial charge on any atom is -0.494 e. The molecule has 1 saturated heterocycles. The maximum absolute atomic E-state index is 11.7. The summed E-state index contributed by atoms with van der Waals surface area (Å²) in [6, 6.07) is 6.39. The van der Waals surface area contributed by atoms with Gasteiger partial charge in [0.1, 0.15) is 5.75 Å². The van der Waals surface area contributed by atoms with Crippen molar-refractivity contribution < 1.29 is 9.53 Å². The minimum atomic E-state index is 0.127. The summed E-state index contributed by atoms with van der Waals surface area (Å²) in [6.07, 6.45) is 2.31. The molecule has 0 spiro atoms. The highest BCUT2D eigenvalue weighted by atomic mass is 16.5. The molecule has 1 aromatic rings. The highest BCUT2D eigenvalue weighted by Gasteiger charge is 2.16. The van der Waals surface area contributed by atoms with Gasteiger partial charge in [-0.05, 0) is 56.5 Å². The predicted molar refractivity (Wildman–Crippen MR) is 80.1 cm³/mol. The van der Waals surface area contributed by atoms with Crippen LogP contribution in [0.3, 0.4) is 0 Å². The Labute approximate surface area is 120 Å². The first kappa shape index (κ1) is 14.9. The van der Waals surface area contributed by atoms with E-state index in [0.717, 1.165) is 31.7 Å². The van der Waals surface area contributed by atoms with Crippen molar-refractivity contribution in [3.63, 3.8) is 0 Å². The molecular formula is C16H24N2O2. The van der Waals surface area contributed by atoms with Gasteiger partial charge in [0, 0.05) is 19.0 Å². The molecule has 0 aromatic heterocycles. The molecule has 0 aliphatic carbocycles. The standard InChI is InChI=1S/C16H24N2O2/c1-12-5-6-15(10-13(12)2)20-9-3-4-16(19)18-14-7-8-17-11-14/h5-6,10,14,17H,3-4,7-9,11H2,1-2H3,(H,18,19). The van der Waals surface area contributed by atoms with Crippen LogP contribution in [0.4, 0.5) is 0 Å². The molecule has 1 aromatic carbocycles. The molecule has 1 fully saturated rings. The molecule has 2 rings (SSSR count). The van der Waals surface area contributed by atoms with E-state index >= 15 is 0 Å². The van der Waals surface area contributed by atoms with E-state index in [1.807, 2.05) is 12.1 Å². The monoisotopic (exact) mass is 276 g/mol. The highest BCUT2D eigenvalue weighted by molar-refractivity contribution is 5.76. The quantitative estimate of drug-likeness (QED) is 0.781. The molecule has 20 heavy (non-hydrogen) atoms. The zero-order valence-corrected chi connectivity index (χ0v) is 12.4. The van der Waals surface area contributed by atoms with Crippen molar-refractivity contribution >= 4 is 5.91 Å². The summed E-state index contributed by atoms with van der Waals surface area (Å²) in [5.74, 6) is 1.01. The molecule has 110 valence electrons. The molecule has 2 N–H and O–H groups in total. The molecule has 1 aliphatic heterocycles. The van der Waals surface area contributed by atoms with Gasteiger partial charge < -0.3 is 15.4 Å². The summed E-state index contributed by atoms with van der Waals surface area (Å²) in [5.41, 5.74) is 2.50. The van der Waals surface area contributed by atoms with Gasteiger partial charge in [0.05, 0.1) is 6.61 Å². The Morgan fingerprint density at radius 1 is 1.40 bits per heavy atom. The Hall–Kier alpha value is -1.55. The third-order valence-corrected chi connectivity index (χ3v) is 3.72. The number of benzene rings is 1. The molecule has 1 atom stereocenters. The maximum Gasteiger partial charge on any atom is 0.220 e. The molecule has 4 heteroatoms. The van der Waals surface area contributed by atoms with Crippen LogP contribution in [0, 0.1) is 13.8 Å². The molecular weight excluding hydrogens is 252 g/mol. The third-order valence-electron chi connectivity index (χ3n) is 3.72. The van der Waals surface area contributed by atoms with E-state index in [2.05, 4.69) is 30.5 Å². The largest absolute Gasteiger partial charge is 0.494 e. The molecule has 0 saturated carbocycles. The molecule has 0 radical (unpaired) electrons. The third kappa shape index (κ3) is 4.53. The van der Waals surface area contributed by atoms with Crippen LogP contribution in [0.5, 0.6) is 5.75 Å². The van der Waals surface area contributed by atoms with Gasteiger partial charge in [-0.1, -0.05) is 6.07 Å². The summed E-state index contributed by atoms with van der Waals surface area (Å²) >= 11 is 0. The average molecular weight is 276 g/mol. The van der Waals surface area contributed by atoms with Gasteiger partial charge in [0.15, 0.2) is 0 Å². The van der Waals surface area contributed by atoms with Crippen LogP contribution in [0.25, 0.3) is 0 Å². The lowest BCUT2D eigenvalue weighted by molar-refractivity contribution is -0.121. The van der Waals surface area contributed by atoms with Crippen LogP contribution in [0.2, 0.25) is 0 Å². The number of ether oxygens (including phenoxy) is 1. The lowest BCUT2D eigenvalue weighted by atomic mass is 10.1. The van der Waals surface area contributed by atoms with Crippen LogP contribution >= 0.6 is 0 Å². The van der Waals surface area contributed by atoms with E-state index in [9.17, 15) is 4.79 Å². The topological polar surface area (TPSA) is 50.4 Å². The second kappa shape index (κ2) is 7.29. The van der Waals surface area contributed by atoms with Crippen molar-refractivity contribution in [3.05, 3.63) is 29.3 Å². The van der Waals surface area contributed by atoms with Gasteiger partial charge in [-0.3, -0.25) is 4.79 Å². The van der Waals surface area contributed by atoms with E-state index in [4.69, 9.17) is 4.74 Å². The number of aryl methyl sites for hydroxylation is 2. The van der Waals surface area contributed by atoms with Crippen LogP contribution in [-0.2, 0) is 4.79 Å². The SMILES string of the molecule is Cc1ccc(OCCCC(=O)NC2CCNC2)cc1C. The molecule has 1 heterocycles. The van der Waals surface area contributed by atoms with E-state index in [-0.39, 0.29) is 5.91 Å². The van der Waals surface area contributed by atoms with Crippen LogP contribution < -0.4 is 15.4 Å². The van der Waals surface area contributed by atoms with E-state index in [0.29, 0.717) is 19.1 Å². The summed E-state index contributed by atoms with van der Waals surface area (Å²) < 4.78 is 5.67. The van der Waals surface area contributed by atoms with Gasteiger partial charge in [-0.25, -0.2) is 0 Å². The smallest absolute Gasteiger partial charge is 0.220 e. The van der Waals surface area contributed by atoms with Gasteiger partial charge in [-0.2, -0.15) is 0 Å². The van der Waals surface area contributed by atoms with Crippen molar-refractivity contribution in [2.24, 2.45) is 0 Å². The molecule has 1 amide bonds. The number of amides is 1. The Balaban J connectivity index is 1.63. The fraction of sp³-hybridized carbons (Fsp3) is 0.562. The van der Waals surface area contributed by atoms with Crippen LogP contribution in [0.1, 0.15) is 30.4 Å². The molecule has 1 unspecified atom stereocenters. The van der Waals surface area contributed by atoms with Crippen molar-refractivity contribution in [2.45, 2.75) is 39.2 Å². The van der Waals surface area contributed by atoms with Crippen molar-refractivity contribution in [1.29, 1.82) is 0 Å². The second-order valence-electron chi connectivity index (χ2n) is 5.46. The van der Waals surface area contributed by atoms with Gasteiger partial charge in [-0.15, -0.1) is 0 Å². The van der Waals surface area contributed by atoms with Crippen molar-refractivity contribution in [2.75, 3.05) is 19.7 Å². The first-order valence-corrected chi connectivity index (χ1v) is 7.35. The van der Waals surface area contributed by atoms with Crippen LogP contribution in [-0.4, -0.2) is 31.6 Å². The van der Waals surface area contributed by atoms with E-state index in [1.165, 1.54) is 11.1 Å². The van der Waals surface area contributed by atoms with Gasteiger partial charge >= 0.3 is 0 Å². The second-order valence-corrected chi connectivity index (χ2v) is 5.46. The lowest BCUT2D eigenvalue weighted by Crippen LogP contribution is -2.36.